The Morgan fingerprint density at radius 3 is 2.93 bits per heavy atom. The lowest BCUT2D eigenvalue weighted by molar-refractivity contribution is -0.122. The number of nitrogens with zero attached hydrogens (tertiary/aromatic N) is 1. The number of carbonyl (C=O) groups excluding carboxylic acids is 1. The van der Waals surface area contributed by atoms with Crippen LogP contribution in [0.5, 0.6) is 0 Å². The van der Waals surface area contributed by atoms with Crippen molar-refractivity contribution in [1.29, 1.82) is 0 Å². The number of carbonyl (C=O) groups is 1. The normalized spacial score (nSPS) is 12.1. The zero-order chi connectivity index (χ0) is 11.4. The number of nitrogens with one attached hydrogen (secondary N) is 1. The van der Waals surface area contributed by atoms with Crippen molar-refractivity contribution in [2.45, 2.75) is 20.4 Å². The third-order valence-electron chi connectivity index (χ3n) is 1.93. The number of thiocarbonyl (C=S) groups is 1. The minimum absolute atomic E-state index is 0.182. The van der Waals surface area contributed by atoms with Crippen LogP contribution in [0.2, 0.25) is 0 Å². The van der Waals surface area contributed by atoms with Gasteiger partial charge in [-0.05, 0) is 13.8 Å². The van der Waals surface area contributed by atoms with Gasteiger partial charge in [0.2, 0.25) is 5.91 Å². The van der Waals surface area contributed by atoms with Gasteiger partial charge in [0.05, 0.1) is 23.1 Å². The van der Waals surface area contributed by atoms with Gasteiger partial charge in [0.25, 0.3) is 0 Å². The molecule has 0 radical (unpaired) electrons. The summed E-state index contributed by atoms with van der Waals surface area (Å²) in [5.41, 5.74) is 6.12. The highest BCUT2D eigenvalue weighted by atomic mass is 32.1. The Bertz CT molecular complexity index is 375. The Labute approximate surface area is 93.0 Å². The van der Waals surface area contributed by atoms with Crippen molar-refractivity contribution in [3.8, 4) is 0 Å². The number of hydrogen-bond donors (Lipinski definition) is 2. The molecule has 0 fully saturated rings. The summed E-state index contributed by atoms with van der Waals surface area (Å²) in [7, 11) is 0. The Kier molecular flexibility index (Phi) is 3.79. The molecular formula is C9H13N3O2S. The number of amides is 1. The summed E-state index contributed by atoms with van der Waals surface area (Å²) in [6.07, 6.45) is 0. The Morgan fingerprint density at radius 2 is 2.47 bits per heavy atom. The molecule has 1 heterocycles. The number of rotatable bonds is 4. The van der Waals surface area contributed by atoms with E-state index in [4.69, 9.17) is 22.5 Å². The van der Waals surface area contributed by atoms with E-state index in [1.54, 1.807) is 13.0 Å². The van der Waals surface area contributed by atoms with Crippen molar-refractivity contribution in [1.82, 2.24) is 10.5 Å². The molecule has 1 aromatic rings. The maximum Gasteiger partial charge on any atom is 0.230 e. The van der Waals surface area contributed by atoms with E-state index < -0.39 is 5.92 Å². The predicted molar refractivity (Wildman–Crippen MR) is 59.0 cm³/mol. The van der Waals surface area contributed by atoms with Crippen LogP contribution in [0.1, 0.15) is 18.4 Å². The first-order valence-corrected chi connectivity index (χ1v) is 4.90. The van der Waals surface area contributed by atoms with E-state index >= 15 is 0 Å². The van der Waals surface area contributed by atoms with Crippen LogP contribution >= 0.6 is 12.2 Å². The van der Waals surface area contributed by atoms with Crippen molar-refractivity contribution >= 4 is 23.1 Å². The molecule has 1 unspecified atom stereocenters. The van der Waals surface area contributed by atoms with Gasteiger partial charge in [-0.15, -0.1) is 0 Å². The quantitative estimate of drug-likeness (QED) is 0.733. The lowest BCUT2D eigenvalue weighted by Gasteiger charge is -2.08. The van der Waals surface area contributed by atoms with E-state index in [1.807, 2.05) is 6.92 Å². The molecule has 0 aliphatic heterocycles. The average molecular weight is 227 g/mol. The van der Waals surface area contributed by atoms with Crippen LogP contribution < -0.4 is 11.1 Å². The van der Waals surface area contributed by atoms with Crippen molar-refractivity contribution < 1.29 is 9.32 Å². The smallest absolute Gasteiger partial charge is 0.230 e. The topological polar surface area (TPSA) is 81.2 Å². The molecule has 0 aromatic carbocycles. The van der Waals surface area contributed by atoms with Crippen molar-refractivity contribution in [3.05, 3.63) is 17.5 Å². The van der Waals surface area contributed by atoms with Gasteiger partial charge in [-0.2, -0.15) is 0 Å². The molecule has 1 aromatic heterocycles. The molecule has 5 nitrogen and oxygen atoms in total. The standard InChI is InChI=1S/C9H13N3O2S/c1-5-3-7(14-12-5)4-11-9(13)6(2)8(10)15/h3,6H,4H2,1-2H3,(H2,10,15)(H,11,13). The van der Waals surface area contributed by atoms with Gasteiger partial charge in [-0.3, -0.25) is 4.79 Å². The summed E-state index contributed by atoms with van der Waals surface area (Å²) in [5, 5.41) is 6.35. The first kappa shape index (κ1) is 11.6. The Morgan fingerprint density at radius 1 is 1.80 bits per heavy atom. The molecule has 15 heavy (non-hydrogen) atoms. The van der Waals surface area contributed by atoms with Gasteiger partial charge in [-0.25, -0.2) is 0 Å². The van der Waals surface area contributed by atoms with E-state index in [0.717, 1.165) is 5.69 Å². The molecule has 0 spiro atoms. The largest absolute Gasteiger partial charge is 0.393 e. The molecule has 0 aliphatic carbocycles. The number of aryl methyl sites for hydroxylation is 1. The molecule has 0 bridgehead atoms. The SMILES string of the molecule is Cc1cc(CNC(=O)C(C)C(N)=S)on1. The first-order valence-electron chi connectivity index (χ1n) is 4.50. The molecule has 1 rings (SSSR count). The third-order valence-corrected chi connectivity index (χ3v) is 2.29. The maximum absolute atomic E-state index is 11.4. The Hall–Kier alpha value is -1.43. The molecule has 1 atom stereocenters. The number of hydrogen-bond acceptors (Lipinski definition) is 4. The van der Waals surface area contributed by atoms with Gasteiger partial charge in [0.15, 0.2) is 5.76 Å². The van der Waals surface area contributed by atoms with E-state index in [1.165, 1.54) is 0 Å². The van der Waals surface area contributed by atoms with Crippen LogP contribution in [0, 0.1) is 12.8 Å². The third kappa shape index (κ3) is 3.32. The van der Waals surface area contributed by atoms with E-state index in [-0.39, 0.29) is 10.9 Å². The second-order valence-electron chi connectivity index (χ2n) is 3.28. The zero-order valence-electron chi connectivity index (χ0n) is 8.61. The van der Waals surface area contributed by atoms with Crippen LogP contribution in [-0.4, -0.2) is 16.1 Å². The summed E-state index contributed by atoms with van der Waals surface area (Å²) >= 11 is 4.71. The number of nitrogens with two attached hydrogens (primary N) is 1. The van der Waals surface area contributed by atoms with Crippen molar-refractivity contribution in [2.24, 2.45) is 11.7 Å². The highest BCUT2D eigenvalue weighted by molar-refractivity contribution is 7.80. The monoisotopic (exact) mass is 227 g/mol. The highest BCUT2D eigenvalue weighted by Crippen LogP contribution is 2.02. The fraction of sp³-hybridized carbons (Fsp3) is 0.444. The van der Waals surface area contributed by atoms with Crippen LogP contribution in [0.4, 0.5) is 0 Å². The minimum Gasteiger partial charge on any atom is -0.393 e. The van der Waals surface area contributed by atoms with Crippen molar-refractivity contribution in [3.63, 3.8) is 0 Å². The zero-order valence-corrected chi connectivity index (χ0v) is 9.43. The van der Waals surface area contributed by atoms with E-state index in [2.05, 4.69) is 10.5 Å². The second-order valence-corrected chi connectivity index (χ2v) is 3.75. The van der Waals surface area contributed by atoms with E-state index in [0.29, 0.717) is 12.3 Å². The fourth-order valence-electron chi connectivity index (χ4n) is 0.956. The summed E-state index contributed by atoms with van der Waals surface area (Å²) < 4.78 is 4.93. The van der Waals surface area contributed by atoms with Gasteiger partial charge in [0, 0.05) is 6.07 Å². The van der Waals surface area contributed by atoms with Crippen LogP contribution in [-0.2, 0) is 11.3 Å². The molecular weight excluding hydrogens is 214 g/mol. The van der Waals surface area contributed by atoms with Gasteiger partial charge in [-0.1, -0.05) is 17.4 Å². The van der Waals surface area contributed by atoms with Crippen LogP contribution in [0.25, 0.3) is 0 Å². The molecule has 6 heteroatoms. The van der Waals surface area contributed by atoms with Gasteiger partial charge in [0.1, 0.15) is 0 Å². The molecule has 0 aliphatic rings. The summed E-state index contributed by atoms with van der Waals surface area (Å²) in [5.74, 6) is -0.0726. The number of aromatic nitrogens is 1. The highest BCUT2D eigenvalue weighted by Gasteiger charge is 2.15. The van der Waals surface area contributed by atoms with Gasteiger partial charge < -0.3 is 15.6 Å². The molecule has 82 valence electrons. The summed E-state index contributed by atoms with van der Waals surface area (Å²) in [6, 6.07) is 1.76. The second kappa shape index (κ2) is 4.88. The molecule has 3 N–H and O–H groups in total. The van der Waals surface area contributed by atoms with Crippen LogP contribution in [0.15, 0.2) is 10.6 Å². The fourth-order valence-corrected chi connectivity index (χ4v) is 1.06. The first-order chi connectivity index (χ1) is 7.00. The lowest BCUT2D eigenvalue weighted by Crippen LogP contribution is -2.35. The van der Waals surface area contributed by atoms with Crippen LogP contribution in [0.3, 0.4) is 0 Å². The average Bonchev–Trinajstić information content (AvgIpc) is 2.59. The molecule has 0 saturated carbocycles. The summed E-state index contributed by atoms with van der Waals surface area (Å²) in [4.78, 5) is 11.6. The lowest BCUT2D eigenvalue weighted by atomic mass is 10.1. The van der Waals surface area contributed by atoms with E-state index in [9.17, 15) is 4.79 Å². The summed E-state index contributed by atoms with van der Waals surface area (Å²) in [6.45, 7) is 3.77. The van der Waals surface area contributed by atoms with Gasteiger partial charge >= 0.3 is 0 Å². The molecule has 1 amide bonds. The Balaban J connectivity index is 2.44. The molecule has 0 saturated heterocycles. The predicted octanol–water partition coefficient (Wildman–Crippen LogP) is 0.521. The van der Waals surface area contributed by atoms with Crippen molar-refractivity contribution in [2.75, 3.05) is 0 Å². The maximum atomic E-state index is 11.4. The minimum atomic E-state index is -0.469.